The molecular weight excluding hydrogens is 266 g/mol. The molecule has 1 aliphatic heterocycles. The van der Waals surface area contributed by atoms with Crippen molar-refractivity contribution < 1.29 is 14.3 Å². The third-order valence-corrected chi connectivity index (χ3v) is 3.54. The molecule has 0 N–H and O–H groups in total. The topological polar surface area (TPSA) is 38.8 Å². The minimum Gasteiger partial charge on any atom is -0.475 e. The Hall–Kier alpha value is -2.49. The molecule has 2 aromatic carbocycles. The largest absolute Gasteiger partial charge is 0.475 e. The summed E-state index contributed by atoms with van der Waals surface area (Å²) >= 11 is 0. The molecule has 4 heteroatoms. The Morgan fingerprint density at radius 2 is 1.90 bits per heavy atom. The molecular formula is C17H17NO3. The maximum absolute atomic E-state index is 11.8. The van der Waals surface area contributed by atoms with Crippen LogP contribution in [0.3, 0.4) is 0 Å². The van der Waals surface area contributed by atoms with Gasteiger partial charge in [-0.05, 0) is 17.7 Å². The van der Waals surface area contributed by atoms with Crippen LogP contribution >= 0.6 is 0 Å². The molecule has 1 atom stereocenters. The van der Waals surface area contributed by atoms with Crippen LogP contribution in [0, 0.1) is 0 Å². The molecule has 1 unspecified atom stereocenters. The summed E-state index contributed by atoms with van der Waals surface area (Å²) in [6.07, 6.45) is -0.589. The average Bonchev–Trinajstić information content (AvgIpc) is 2.55. The summed E-state index contributed by atoms with van der Waals surface area (Å²) in [5.41, 5.74) is 2.19. The fourth-order valence-electron chi connectivity index (χ4n) is 2.51. The molecule has 0 spiro atoms. The number of nitrogens with zero attached hydrogens (tertiary/aromatic N) is 1. The van der Waals surface area contributed by atoms with Gasteiger partial charge < -0.3 is 14.4 Å². The van der Waals surface area contributed by atoms with Gasteiger partial charge in [0.1, 0.15) is 5.75 Å². The van der Waals surface area contributed by atoms with E-state index in [1.807, 2.05) is 42.5 Å². The number of hydrogen-bond acceptors (Lipinski definition) is 4. The zero-order chi connectivity index (χ0) is 14.7. The van der Waals surface area contributed by atoms with Crippen molar-refractivity contribution in [1.82, 2.24) is 0 Å². The van der Waals surface area contributed by atoms with E-state index in [0.29, 0.717) is 6.54 Å². The number of methoxy groups -OCH3 is 1. The van der Waals surface area contributed by atoms with Crippen LogP contribution in [0.4, 0.5) is 5.69 Å². The minimum absolute atomic E-state index is 0.345. The van der Waals surface area contributed by atoms with Crippen molar-refractivity contribution in [2.45, 2.75) is 12.6 Å². The highest BCUT2D eigenvalue weighted by Gasteiger charge is 2.31. The molecule has 108 valence electrons. The highest BCUT2D eigenvalue weighted by atomic mass is 16.6. The molecule has 4 nitrogen and oxygen atoms in total. The fourth-order valence-corrected chi connectivity index (χ4v) is 2.51. The number of rotatable bonds is 3. The second-order valence-electron chi connectivity index (χ2n) is 4.96. The van der Waals surface area contributed by atoms with Crippen molar-refractivity contribution >= 4 is 11.7 Å². The number of para-hydroxylation sites is 2. The van der Waals surface area contributed by atoms with Crippen molar-refractivity contribution in [2.75, 3.05) is 18.6 Å². The Morgan fingerprint density at radius 3 is 2.67 bits per heavy atom. The SMILES string of the molecule is COC(=O)C1CN(Cc2ccccc2)c2ccccc2O1. The van der Waals surface area contributed by atoms with E-state index in [1.54, 1.807) is 0 Å². The van der Waals surface area contributed by atoms with E-state index in [4.69, 9.17) is 9.47 Å². The summed E-state index contributed by atoms with van der Waals surface area (Å²) in [4.78, 5) is 13.9. The van der Waals surface area contributed by atoms with Crippen LogP contribution in [0.25, 0.3) is 0 Å². The summed E-state index contributed by atoms with van der Waals surface area (Å²) in [6, 6.07) is 17.9. The quantitative estimate of drug-likeness (QED) is 0.812. The molecule has 1 aliphatic rings. The van der Waals surface area contributed by atoms with Crippen LogP contribution in [0.5, 0.6) is 5.75 Å². The predicted octanol–water partition coefficient (Wildman–Crippen LogP) is 2.63. The first-order valence-corrected chi connectivity index (χ1v) is 6.90. The van der Waals surface area contributed by atoms with Crippen LogP contribution in [0.15, 0.2) is 54.6 Å². The minimum atomic E-state index is -0.589. The van der Waals surface area contributed by atoms with E-state index < -0.39 is 6.10 Å². The van der Waals surface area contributed by atoms with Crippen molar-refractivity contribution in [1.29, 1.82) is 0 Å². The van der Waals surface area contributed by atoms with Crippen molar-refractivity contribution in [2.24, 2.45) is 0 Å². The molecule has 0 saturated carbocycles. The first-order valence-electron chi connectivity index (χ1n) is 6.90. The summed E-state index contributed by atoms with van der Waals surface area (Å²) in [5.74, 6) is 0.373. The molecule has 0 fully saturated rings. The smallest absolute Gasteiger partial charge is 0.348 e. The predicted molar refractivity (Wildman–Crippen MR) is 80.4 cm³/mol. The van der Waals surface area contributed by atoms with Gasteiger partial charge in [-0.15, -0.1) is 0 Å². The fraction of sp³-hybridized carbons (Fsp3) is 0.235. The molecule has 3 rings (SSSR count). The van der Waals surface area contributed by atoms with Gasteiger partial charge in [0.25, 0.3) is 0 Å². The Morgan fingerprint density at radius 1 is 1.19 bits per heavy atom. The average molecular weight is 283 g/mol. The number of esters is 1. The van der Waals surface area contributed by atoms with Crippen molar-refractivity contribution in [3.05, 3.63) is 60.2 Å². The maximum Gasteiger partial charge on any atom is 0.348 e. The number of anilines is 1. The van der Waals surface area contributed by atoms with Crippen LogP contribution in [-0.2, 0) is 16.1 Å². The number of carbonyl (C=O) groups excluding carboxylic acids is 1. The lowest BCUT2D eigenvalue weighted by Gasteiger charge is -2.35. The third kappa shape index (κ3) is 2.84. The molecule has 0 aliphatic carbocycles. The molecule has 1 heterocycles. The highest BCUT2D eigenvalue weighted by molar-refractivity contribution is 5.78. The lowest BCUT2D eigenvalue weighted by Crippen LogP contribution is -2.44. The molecule has 0 amide bonds. The van der Waals surface area contributed by atoms with Crippen LogP contribution in [-0.4, -0.2) is 25.7 Å². The zero-order valence-electron chi connectivity index (χ0n) is 11.9. The molecule has 0 bridgehead atoms. The van der Waals surface area contributed by atoms with Gasteiger partial charge in [0, 0.05) is 6.54 Å². The normalized spacial score (nSPS) is 16.8. The van der Waals surface area contributed by atoms with E-state index in [1.165, 1.54) is 12.7 Å². The lowest BCUT2D eigenvalue weighted by molar-refractivity contribution is -0.148. The van der Waals surface area contributed by atoms with E-state index >= 15 is 0 Å². The number of carbonyl (C=O) groups is 1. The zero-order valence-corrected chi connectivity index (χ0v) is 11.9. The summed E-state index contributed by atoms with van der Waals surface area (Å²) < 4.78 is 10.5. The third-order valence-electron chi connectivity index (χ3n) is 3.54. The molecule has 0 radical (unpaired) electrons. The highest BCUT2D eigenvalue weighted by Crippen LogP contribution is 2.34. The molecule has 0 saturated heterocycles. The van der Waals surface area contributed by atoms with E-state index in [9.17, 15) is 4.79 Å². The van der Waals surface area contributed by atoms with Crippen LogP contribution < -0.4 is 9.64 Å². The maximum atomic E-state index is 11.8. The van der Waals surface area contributed by atoms with Crippen LogP contribution in [0.1, 0.15) is 5.56 Å². The molecule has 0 aromatic heterocycles. The standard InChI is InChI=1S/C17H17NO3/c1-20-17(19)16-12-18(11-13-7-3-2-4-8-13)14-9-5-6-10-15(14)21-16/h2-10,16H,11-12H2,1H3. The second kappa shape index (κ2) is 5.87. The van der Waals surface area contributed by atoms with Gasteiger partial charge in [-0.3, -0.25) is 0 Å². The first-order chi connectivity index (χ1) is 10.3. The van der Waals surface area contributed by atoms with Gasteiger partial charge in [0.05, 0.1) is 19.3 Å². The van der Waals surface area contributed by atoms with Crippen LogP contribution in [0.2, 0.25) is 0 Å². The van der Waals surface area contributed by atoms with Gasteiger partial charge in [-0.1, -0.05) is 42.5 Å². The van der Waals surface area contributed by atoms with E-state index in [2.05, 4.69) is 17.0 Å². The van der Waals surface area contributed by atoms with Crippen molar-refractivity contribution in [3.8, 4) is 5.75 Å². The monoisotopic (exact) mass is 283 g/mol. The Kier molecular flexibility index (Phi) is 3.77. The van der Waals surface area contributed by atoms with E-state index in [0.717, 1.165) is 18.0 Å². The van der Waals surface area contributed by atoms with Gasteiger partial charge in [-0.2, -0.15) is 0 Å². The van der Waals surface area contributed by atoms with Crippen molar-refractivity contribution in [3.63, 3.8) is 0 Å². The van der Waals surface area contributed by atoms with E-state index in [-0.39, 0.29) is 5.97 Å². The number of ether oxygens (including phenoxy) is 2. The van der Waals surface area contributed by atoms with Gasteiger partial charge >= 0.3 is 5.97 Å². The summed E-state index contributed by atoms with van der Waals surface area (Å²) in [6.45, 7) is 1.22. The first kappa shape index (κ1) is 13.5. The summed E-state index contributed by atoms with van der Waals surface area (Å²) in [5, 5.41) is 0. The number of hydrogen-bond donors (Lipinski definition) is 0. The number of benzene rings is 2. The Bertz CT molecular complexity index is 627. The summed E-state index contributed by atoms with van der Waals surface area (Å²) in [7, 11) is 1.38. The van der Waals surface area contributed by atoms with Gasteiger partial charge in [-0.25, -0.2) is 4.79 Å². The molecule has 2 aromatic rings. The van der Waals surface area contributed by atoms with Gasteiger partial charge in [0.2, 0.25) is 6.10 Å². The number of fused-ring (bicyclic) bond motifs is 1. The second-order valence-corrected chi connectivity index (χ2v) is 4.96. The Labute approximate surface area is 123 Å². The lowest BCUT2D eigenvalue weighted by atomic mass is 10.1. The van der Waals surface area contributed by atoms with Gasteiger partial charge in [0.15, 0.2) is 0 Å². The Balaban J connectivity index is 1.89. The molecule has 21 heavy (non-hydrogen) atoms.